The summed E-state index contributed by atoms with van der Waals surface area (Å²) in [6.45, 7) is 2.56. The number of likely N-dealkylation sites (tertiary alicyclic amines) is 1. The lowest BCUT2D eigenvalue weighted by Gasteiger charge is -2.22. The third kappa shape index (κ3) is 4.48. The average molecular weight is 389 g/mol. The van der Waals surface area contributed by atoms with Crippen molar-refractivity contribution in [3.05, 3.63) is 70.5 Å². The van der Waals surface area contributed by atoms with Gasteiger partial charge in [0.15, 0.2) is 0 Å². The van der Waals surface area contributed by atoms with E-state index in [4.69, 9.17) is 11.6 Å². The first-order valence-electron chi connectivity index (χ1n) is 9.05. The predicted octanol–water partition coefficient (Wildman–Crippen LogP) is 3.58. The van der Waals surface area contributed by atoms with Crippen molar-refractivity contribution in [1.29, 1.82) is 0 Å². The number of halogens is 2. The first-order chi connectivity index (χ1) is 13.0. The van der Waals surface area contributed by atoms with Gasteiger partial charge >= 0.3 is 0 Å². The number of carbonyl (C=O) groups excluding carboxylic acids is 2. The smallest absolute Gasteiger partial charge is 0.243 e. The minimum absolute atomic E-state index is 0.0151. The van der Waals surface area contributed by atoms with Crippen molar-refractivity contribution in [3.63, 3.8) is 0 Å². The third-order valence-electron chi connectivity index (χ3n) is 4.95. The van der Waals surface area contributed by atoms with Gasteiger partial charge in [0.1, 0.15) is 11.9 Å². The van der Waals surface area contributed by atoms with Gasteiger partial charge in [0.05, 0.1) is 0 Å². The van der Waals surface area contributed by atoms with Gasteiger partial charge in [-0.15, -0.1) is 0 Å². The average Bonchev–Trinajstić information content (AvgIpc) is 2.97. The van der Waals surface area contributed by atoms with Crippen LogP contribution in [-0.2, 0) is 22.6 Å². The van der Waals surface area contributed by atoms with Crippen LogP contribution in [0.2, 0.25) is 5.02 Å². The molecule has 1 fully saturated rings. The van der Waals surface area contributed by atoms with E-state index in [-0.39, 0.29) is 29.3 Å². The summed E-state index contributed by atoms with van der Waals surface area (Å²) in [5.41, 5.74) is 1.73. The van der Waals surface area contributed by atoms with Crippen LogP contribution < -0.4 is 5.32 Å². The summed E-state index contributed by atoms with van der Waals surface area (Å²) in [6, 6.07) is 13.4. The molecule has 3 rings (SSSR count). The number of hydrogen-bond donors (Lipinski definition) is 1. The Balaban J connectivity index is 1.65. The standard InChI is InChI=1S/C21H22ClFN2O2/c1-2-25-19(11-16(21(25)27)10-14-6-4-3-5-7-14)20(26)24-13-15-8-9-17(23)12-18(15)22/h3-9,12,16,19H,2,10-11,13H2,1H3,(H,24,26). The van der Waals surface area contributed by atoms with Crippen LogP contribution in [0.15, 0.2) is 48.5 Å². The van der Waals surface area contributed by atoms with Crippen LogP contribution in [0.3, 0.4) is 0 Å². The molecule has 27 heavy (non-hydrogen) atoms. The zero-order chi connectivity index (χ0) is 19.4. The highest BCUT2D eigenvalue weighted by Gasteiger charge is 2.42. The molecule has 2 unspecified atom stereocenters. The maximum atomic E-state index is 13.1. The van der Waals surface area contributed by atoms with Gasteiger partial charge in [0, 0.05) is 24.0 Å². The molecular formula is C21H22ClFN2O2. The molecule has 4 nitrogen and oxygen atoms in total. The van der Waals surface area contributed by atoms with Crippen molar-refractivity contribution < 1.29 is 14.0 Å². The Morgan fingerprint density at radius 2 is 2.00 bits per heavy atom. The van der Waals surface area contributed by atoms with Crippen LogP contribution in [0.5, 0.6) is 0 Å². The van der Waals surface area contributed by atoms with Crippen LogP contribution in [0.1, 0.15) is 24.5 Å². The summed E-state index contributed by atoms with van der Waals surface area (Å²) in [7, 11) is 0. The minimum Gasteiger partial charge on any atom is -0.350 e. The normalized spacial score (nSPS) is 19.4. The lowest BCUT2D eigenvalue weighted by molar-refractivity contribution is -0.136. The molecule has 2 aromatic carbocycles. The van der Waals surface area contributed by atoms with E-state index in [1.807, 2.05) is 37.3 Å². The maximum Gasteiger partial charge on any atom is 0.243 e. The van der Waals surface area contributed by atoms with Gasteiger partial charge in [-0.2, -0.15) is 0 Å². The molecule has 0 aromatic heterocycles. The topological polar surface area (TPSA) is 49.4 Å². The minimum atomic E-state index is -0.490. The summed E-state index contributed by atoms with van der Waals surface area (Å²) < 4.78 is 13.1. The van der Waals surface area contributed by atoms with Gasteiger partial charge in [0.25, 0.3) is 0 Å². The molecular weight excluding hydrogens is 367 g/mol. The second-order valence-electron chi connectivity index (χ2n) is 6.72. The Morgan fingerprint density at radius 3 is 2.67 bits per heavy atom. The van der Waals surface area contributed by atoms with Crippen LogP contribution in [0, 0.1) is 11.7 Å². The molecule has 1 aliphatic rings. The Hall–Kier alpha value is -2.40. The van der Waals surface area contributed by atoms with Crippen LogP contribution in [0.4, 0.5) is 4.39 Å². The van der Waals surface area contributed by atoms with Crippen molar-refractivity contribution in [2.24, 2.45) is 5.92 Å². The van der Waals surface area contributed by atoms with Gasteiger partial charge in [0.2, 0.25) is 11.8 Å². The molecule has 0 spiro atoms. The van der Waals surface area contributed by atoms with Crippen LogP contribution >= 0.6 is 11.6 Å². The molecule has 2 aromatic rings. The highest BCUT2D eigenvalue weighted by molar-refractivity contribution is 6.31. The van der Waals surface area contributed by atoms with Crippen molar-refractivity contribution in [1.82, 2.24) is 10.2 Å². The van der Waals surface area contributed by atoms with Gasteiger partial charge in [-0.1, -0.05) is 48.0 Å². The first-order valence-corrected chi connectivity index (χ1v) is 9.43. The second-order valence-corrected chi connectivity index (χ2v) is 7.12. The van der Waals surface area contributed by atoms with Crippen LogP contribution in [-0.4, -0.2) is 29.3 Å². The van der Waals surface area contributed by atoms with Gasteiger partial charge in [-0.3, -0.25) is 9.59 Å². The fraction of sp³-hybridized carbons (Fsp3) is 0.333. The van der Waals surface area contributed by atoms with E-state index in [1.165, 1.54) is 12.1 Å². The molecule has 2 amide bonds. The van der Waals surface area contributed by atoms with Crippen molar-refractivity contribution in [3.8, 4) is 0 Å². The number of rotatable bonds is 6. The number of hydrogen-bond acceptors (Lipinski definition) is 2. The Morgan fingerprint density at radius 1 is 1.26 bits per heavy atom. The SMILES string of the molecule is CCN1C(=O)C(Cc2ccccc2)CC1C(=O)NCc1ccc(F)cc1Cl. The largest absolute Gasteiger partial charge is 0.350 e. The fourth-order valence-corrected chi connectivity index (χ4v) is 3.78. The monoisotopic (exact) mass is 388 g/mol. The second kappa shape index (κ2) is 8.53. The fourth-order valence-electron chi connectivity index (χ4n) is 3.54. The molecule has 0 saturated carbocycles. The van der Waals surface area contributed by atoms with E-state index in [0.717, 1.165) is 5.56 Å². The lowest BCUT2D eigenvalue weighted by Crippen LogP contribution is -2.44. The predicted molar refractivity (Wildman–Crippen MR) is 103 cm³/mol. The Labute approximate surface area is 163 Å². The van der Waals surface area contributed by atoms with E-state index in [1.54, 1.807) is 11.0 Å². The first kappa shape index (κ1) is 19.4. The maximum absolute atomic E-state index is 13.1. The molecule has 0 aliphatic carbocycles. The molecule has 1 N–H and O–H groups in total. The van der Waals surface area contributed by atoms with E-state index in [0.29, 0.717) is 24.9 Å². The van der Waals surface area contributed by atoms with E-state index in [2.05, 4.69) is 5.32 Å². The quantitative estimate of drug-likeness (QED) is 0.822. The third-order valence-corrected chi connectivity index (χ3v) is 5.30. The zero-order valence-corrected chi connectivity index (χ0v) is 15.9. The van der Waals surface area contributed by atoms with E-state index in [9.17, 15) is 14.0 Å². The molecule has 2 atom stereocenters. The highest BCUT2D eigenvalue weighted by atomic mass is 35.5. The Kier molecular flexibility index (Phi) is 6.11. The van der Waals surface area contributed by atoms with Crippen molar-refractivity contribution in [2.75, 3.05) is 6.54 Å². The molecule has 1 heterocycles. The summed E-state index contributed by atoms with van der Waals surface area (Å²) in [5.74, 6) is -0.808. The number of carbonyl (C=O) groups is 2. The molecule has 142 valence electrons. The van der Waals surface area contributed by atoms with E-state index < -0.39 is 11.9 Å². The van der Waals surface area contributed by atoms with Gasteiger partial charge in [-0.25, -0.2) is 4.39 Å². The van der Waals surface area contributed by atoms with Crippen molar-refractivity contribution >= 4 is 23.4 Å². The molecule has 1 saturated heterocycles. The lowest BCUT2D eigenvalue weighted by atomic mass is 9.96. The number of benzene rings is 2. The van der Waals surface area contributed by atoms with Crippen molar-refractivity contribution in [2.45, 2.75) is 32.4 Å². The highest BCUT2D eigenvalue weighted by Crippen LogP contribution is 2.28. The number of nitrogens with zero attached hydrogens (tertiary/aromatic N) is 1. The van der Waals surface area contributed by atoms with Crippen LogP contribution in [0.25, 0.3) is 0 Å². The molecule has 6 heteroatoms. The molecule has 1 aliphatic heterocycles. The summed E-state index contributed by atoms with van der Waals surface area (Å²) in [5, 5.41) is 3.10. The molecule has 0 radical (unpaired) electrons. The number of amides is 2. The van der Waals surface area contributed by atoms with E-state index >= 15 is 0 Å². The summed E-state index contributed by atoms with van der Waals surface area (Å²) in [6.07, 6.45) is 1.12. The Bertz CT molecular complexity index is 828. The van der Waals surface area contributed by atoms with Gasteiger partial charge < -0.3 is 10.2 Å². The number of nitrogens with one attached hydrogen (secondary N) is 1. The summed E-state index contributed by atoms with van der Waals surface area (Å²) >= 11 is 6.01. The zero-order valence-electron chi connectivity index (χ0n) is 15.1. The molecule has 0 bridgehead atoms. The number of likely N-dealkylation sites (N-methyl/N-ethyl adjacent to an activating group) is 1. The van der Waals surface area contributed by atoms with Gasteiger partial charge in [-0.05, 0) is 43.0 Å². The summed E-state index contributed by atoms with van der Waals surface area (Å²) in [4.78, 5) is 27.0.